The highest BCUT2D eigenvalue weighted by atomic mass is 32.1. The molecule has 0 spiro atoms. The molecular formula is C11H17F3N2OS. The summed E-state index contributed by atoms with van der Waals surface area (Å²) in [5.74, 6) is 0. The van der Waals surface area contributed by atoms with Gasteiger partial charge in [-0.05, 0) is 6.42 Å². The summed E-state index contributed by atoms with van der Waals surface area (Å²) in [5.41, 5.74) is 6.70. The smallest absolute Gasteiger partial charge is 0.372 e. The monoisotopic (exact) mass is 282 g/mol. The van der Waals surface area contributed by atoms with Gasteiger partial charge in [-0.2, -0.15) is 13.2 Å². The predicted molar refractivity (Wildman–Crippen MR) is 64.7 cm³/mol. The third kappa shape index (κ3) is 6.32. The van der Waals surface area contributed by atoms with Crippen LogP contribution in [0.25, 0.3) is 0 Å². The Hall–Kier alpha value is -0.660. The Balaban J connectivity index is 2.27. The molecule has 0 aliphatic heterocycles. The second-order valence-corrected chi connectivity index (χ2v) is 4.97. The Morgan fingerprint density at radius 1 is 1.50 bits per heavy atom. The SMILES string of the molecule is CCC(N)Cc1csc(CCOCC(F)(F)F)n1. The number of halogens is 3. The van der Waals surface area contributed by atoms with Crippen LogP contribution in [0.4, 0.5) is 13.2 Å². The van der Waals surface area contributed by atoms with Crippen molar-refractivity contribution < 1.29 is 17.9 Å². The van der Waals surface area contributed by atoms with Crippen LogP contribution in [0, 0.1) is 0 Å². The average Bonchev–Trinajstić information content (AvgIpc) is 2.71. The van der Waals surface area contributed by atoms with Crippen molar-refractivity contribution in [3.63, 3.8) is 0 Å². The number of nitrogens with two attached hydrogens (primary N) is 1. The summed E-state index contributed by atoms with van der Waals surface area (Å²) in [5, 5.41) is 2.68. The minimum Gasteiger partial charge on any atom is -0.372 e. The highest BCUT2D eigenvalue weighted by Crippen LogP contribution is 2.16. The van der Waals surface area contributed by atoms with Crippen LogP contribution in [-0.4, -0.2) is 30.4 Å². The summed E-state index contributed by atoms with van der Waals surface area (Å²) >= 11 is 1.43. The van der Waals surface area contributed by atoms with Crippen LogP contribution < -0.4 is 5.73 Å². The van der Waals surface area contributed by atoms with E-state index in [1.165, 1.54) is 11.3 Å². The normalized spacial score (nSPS) is 13.8. The van der Waals surface area contributed by atoms with Gasteiger partial charge in [0.15, 0.2) is 0 Å². The van der Waals surface area contributed by atoms with Gasteiger partial charge >= 0.3 is 6.18 Å². The standard InChI is InChI=1S/C11H17F3N2OS/c1-2-8(15)5-9-6-18-10(16-9)3-4-17-7-11(12,13)14/h6,8H,2-5,7,15H2,1H3. The van der Waals surface area contributed by atoms with Crippen molar-refractivity contribution in [1.82, 2.24) is 4.98 Å². The Kier molecular flexibility index (Phi) is 6.04. The van der Waals surface area contributed by atoms with Crippen LogP contribution in [-0.2, 0) is 17.6 Å². The van der Waals surface area contributed by atoms with Gasteiger partial charge in [0.25, 0.3) is 0 Å². The highest BCUT2D eigenvalue weighted by molar-refractivity contribution is 7.09. The number of hydrogen-bond donors (Lipinski definition) is 1. The molecule has 0 saturated heterocycles. The molecule has 0 aliphatic carbocycles. The summed E-state index contributed by atoms with van der Waals surface area (Å²) in [6.45, 7) is 0.834. The maximum absolute atomic E-state index is 11.8. The maximum Gasteiger partial charge on any atom is 0.411 e. The minimum absolute atomic E-state index is 0.0340. The lowest BCUT2D eigenvalue weighted by Crippen LogP contribution is -2.21. The molecule has 1 heterocycles. The van der Waals surface area contributed by atoms with E-state index in [9.17, 15) is 13.2 Å². The van der Waals surface area contributed by atoms with Crippen molar-refractivity contribution >= 4 is 11.3 Å². The van der Waals surface area contributed by atoms with E-state index in [0.717, 1.165) is 17.1 Å². The molecule has 18 heavy (non-hydrogen) atoms. The average molecular weight is 282 g/mol. The van der Waals surface area contributed by atoms with Gasteiger partial charge in [-0.15, -0.1) is 11.3 Å². The Morgan fingerprint density at radius 2 is 2.22 bits per heavy atom. The molecule has 1 rings (SSSR count). The third-order valence-electron chi connectivity index (χ3n) is 2.32. The second kappa shape index (κ2) is 7.06. The first kappa shape index (κ1) is 15.4. The molecule has 104 valence electrons. The molecule has 0 amide bonds. The highest BCUT2D eigenvalue weighted by Gasteiger charge is 2.27. The van der Waals surface area contributed by atoms with E-state index >= 15 is 0 Å². The molecule has 1 aromatic rings. The van der Waals surface area contributed by atoms with Gasteiger partial charge in [0.05, 0.1) is 17.3 Å². The van der Waals surface area contributed by atoms with Crippen molar-refractivity contribution in [3.8, 4) is 0 Å². The lowest BCUT2D eigenvalue weighted by Gasteiger charge is -2.06. The van der Waals surface area contributed by atoms with Gasteiger partial charge in [0.1, 0.15) is 6.61 Å². The number of alkyl halides is 3. The fraction of sp³-hybridized carbons (Fsp3) is 0.727. The van der Waals surface area contributed by atoms with Crippen molar-refractivity contribution in [2.24, 2.45) is 5.73 Å². The number of hydrogen-bond acceptors (Lipinski definition) is 4. The molecule has 0 radical (unpaired) electrons. The quantitative estimate of drug-likeness (QED) is 0.782. The van der Waals surface area contributed by atoms with Crippen molar-refractivity contribution in [3.05, 3.63) is 16.1 Å². The molecule has 0 aromatic carbocycles. The Morgan fingerprint density at radius 3 is 2.83 bits per heavy atom. The van der Waals surface area contributed by atoms with Crippen molar-refractivity contribution in [1.29, 1.82) is 0 Å². The number of aromatic nitrogens is 1. The summed E-state index contributed by atoms with van der Waals surface area (Å²) in [4.78, 5) is 4.31. The minimum atomic E-state index is -4.26. The maximum atomic E-state index is 11.8. The summed E-state index contributed by atoms with van der Waals surface area (Å²) in [6, 6.07) is 0.0847. The zero-order valence-corrected chi connectivity index (χ0v) is 11.0. The second-order valence-electron chi connectivity index (χ2n) is 4.02. The fourth-order valence-electron chi connectivity index (χ4n) is 1.32. The van der Waals surface area contributed by atoms with E-state index < -0.39 is 12.8 Å². The van der Waals surface area contributed by atoms with Gasteiger partial charge in [0, 0.05) is 24.3 Å². The van der Waals surface area contributed by atoms with Crippen LogP contribution in [0.3, 0.4) is 0 Å². The van der Waals surface area contributed by atoms with Gasteiger partial charge in [0.2, 0.25) is 0 Å². The van der Waals surface area contributed by atoms with Crippen LogP contribution >= 0.6 is 11.3 Å². The fourth-order valence-corrected chi connectivity index (χ4v) is 2.11. The molecule has 0 aliphatic rings. The topological polar surface area (TPSA) is 48.1 Å². The van der Waals surface area contributed by atoms with Crippen molar-refractivity contribution in [2.45, 2.75) is 38.4 Å². The molecule has 0 saturated carbocycles. The molecule has 1 unspecified atom stereocenters. The first-order chi connectivity index (χ1) is 8.40. The van der Waals surface area contributed by atoms with E-state index in [4.69, 9.17) is 5.73 Å². The number of nitrogens with zero attached hydrogens (tertiary/aromatic N) is 1. The summed E-state index contributed by atoms with van der Waals surface area (Å²) < 4.78 is 40.0. The number of ether oxygens (including phenoxy) is 1. The summed E-state index contributed by atoms with van der Waals surface area (Å²) in [6.07, 6.45) is -2.28. The lowest BCUT2D eigenvalue weighted by molar-refractivity contribution is -0.173. The van der Waals surface area contributed by atoms with E-state index in [2.05, 4.69) is 9.72 Å². The zero-order chi connectivity index (χ0) is 13.6. The Labute approximate surface area is 108 Å². The molecular weight excluding hydrogens is 265 g/mol. The van der Waals surface area contributed by atoms with Crippen LogP contribution in [0.5, 0.6) is 0 Å². The lowest BCUT2D eigenvalue weighted by atomic mass is 10.1. The van der Waals surface area contributed by atoms with Crippen LogP contribution in [0.2, 0.25) is 0 Å². The van der Waals surface area contributed by atoms with E-state index in [0.29, 0.717) is 12.8 Å². The summed E-state index contributed by atoms with van der Waals surface area (Å²) in [7, 11) is 0. The third-order valence-corrected chi connectivity index (χ3v) is 3.28. The van der Waals surface area contributed by atoms with E-state index in [1.54, 1.807) is 0 Å². The molecule has 1 atom stereocenters. The molecule has 0 fully saturated rings. The van der Waals surface area contributed by atoms with Crippen molar-refractivity contribution in [2.75, 3.05) is 13.2 Å². The molecule has 1 aromatic heterocycles. The van der Waals surface area contributed by atoms with Gasteiger partial charge < -0.3 is 10.5 Å². The Bertz CT molecular complexity index is 354. The molecule has 3 nitrogen and oxygen atoms in total. The number of rotatable bonds is 7. The predicted octanol–water partition coefficient (Wildman–Crippen LogP) is 2.54. The molecule has 0 bridgehead atoms. The first-order valence-electron chi connectivity index (χ1n) is 5.74. The van der Waals surface area contributed by atoms with Crippen LogP contribution in [0.1, 0.15) is 24.0 Å². The first-order valence-corrected chi connectivity index (χ1v) is 6.62. The zero-order valence-electron chi connectivity index (χ0n) is 10.2. The largest absolute Gasteiger partial charge is 0.411 e. The van der Waals surface area contributed by atoms with E-state index in [-0.39, 0.29) is 12.6 Å². The van der Waals surface area contributed by atoms with Gasteiger partial charge in [-0.3, -0.25) is 0 Å². The molecule has 2 N–H and O–H groups in total. The van der Waals surface area contributed by atoms with Gasteiger partial charge in [-0.25, -0.2) is 4.98 Å². The van der Waals surface area contributed by atoms with E-state index in [1.807, 2.05) is 12.3 Å². The van der Waals surface area contributed by atoms with Crippen LogP contribution in [0.15, 0.2) is 5.38 Å². The number of thiazole rings is 1. The van der Waals surface area contributed by atoms with Gasteiger partial charge in [-0.1, -0.05) is 6.92 Å². The molecule has 7 heteroatoms.